The molecule has 0 saturated carbocycles. The van der Waals surface area contributed by atoms with Gasteiger partial charge in [-0.15, -0.1) is 0 Å². The van der Waals surface area contributed by atoms with E-state index in [9.17, 15) is 18.4 Å². The van der Waals surface area contributed by atoms with Gasteiger partial charge in [0.2, 0.25) is 0 Å². The average Bonchev–Trinajstić information content (AvgIpc) is 3.18. The molecule has 0 aliphatic carbocycles. The number of hydrogen-bond acceptors (Lipinski definition) is 3. The van der Waals surface area contributed by atoms with Crippen LogP contribution in [0.4, 0.5) is 13.6 Å². The number of amides is 2. The number of aromatic nitrogens is 1. The third kappa shape index (κ3) is 4.95. The number of nitrogens with one attached hydrogen (secondary N) is 2. The van der Waals surface area contributed by atoms with Crippen LogP contribution in [0.1, 0.15) is 43.7 Å². The molecule has 0 spiro atoms. The molecule has 2 N–H and O–H groups in total. The molecule has 8 heteroatoms. The van der Waals surface area contributed by atoms with Crippen molar-refractivity contribution < 1.29 is 23.1 Å². The number of carbonyl (C=O) groups excluding carboxylic acids is 2. The highest BCUT2D eigenvalue weighted by Crippen LogP contribution is 2.39. The summed E-state index contributed by atoms with van der Waals surface area (Å²) in [5.74, 6) is -2.14. The summed E-state index contributed by atoms with van der Waals surface area (Å²) in [7, 11) is 0. The van der Waals surface area contributed by atoms with E-state index in [-0.39, 0.29) is 11.9 Å². The molecule has 6 nitrogen and oxygen atoms in total. The Kier molecular flexibility index (Phi) is 6.41. The van der Waals surface area contributed by atoms with E-state index in [2.05, 4.69) is 10.6 Å². The van der Waals surface area contributed by atoms with Gasteiger partial charge in [0.25, 0.3) is 5.91 Å². The fourth-order valence-electron chi connectivity index (χ4n) is 4.13. The van der Waals surface area contributed by atoms with Gasteiger partial charge in [-0.1, -0.05) is 36.4 Å². The van der Waals surface area contributed by atoms with Crippen LogP contribution in [0.5, 0.6) is 0 Å². The first-order valence-corrected chi connectivity index (χ1v) is 11.1. The van der Waals surface area contributed by atoms with Crippen LogP contribution in [0.2, 0.25) is 0 Å². The van der Waals surface area contributed by atoms with Crippen molar-refractivity contribution in [1.82, 2.24) is 15.2 Å². The third-order valence-corrected chi connectivity index (χ3v) is 5.56. The molecule has 3 aromatic rings. The van der Waals surface area contributed by atoms with Gasteiger partial charge in [-0.3, -0.25) is 4.79 Å². The van der Waals surface area contributed by atoms with Crippen molar-refractivity contribution in [3.05, 3.63) is 71.9 Å². The van der Waals surface area contributed by atoms with E-state index in [4.69, 9.17) is 4.74 Å². The van der Waals surface area contributed by atoms with E-state index in [0.29, 0.717) is 36.3 Å². The van der Waals surface area contributed by atoms with Crippen LogP contribution in [-0.2, 0) is 4.74 Å². The predicted molar refractivity (Wildman–Crippen MR) is 125 cm³/mol. The number of hydrogen-bond donors (Lipinski definition) is 2. The van der Waals surface area contributed by atoms with Crippen molar-refractivity contribution in [2.45, 2.75) is 38.8 Å². The molecule has 2 heterocycles. The summed E-state index contributed by atoms with van der Waals surface area (Å²) >= 11 is 0. The standard InChI is InChI=1S/C26H27F2N3O3/c1-26(2,3)34-25(33)29-12-11-18-15-30-24(32)22-14-19(17-9-10-20(27)21(28)13-17)23(31(18)22)16-7-5-4-6-8-16/h4-10,13-14,18H,11-12,15H2,1-3H3,(H,29,33)(H,30,32). The molecule has 0 fully saturated rings. The molecule has 1 atom stereocenters. The zero-order valence-corrected chi connectivity index (χ0v) is 19.3. The van der Waals surface area contributed by atoms with Crippen LogP contribution >= 0.6 is 0 Å². The van der Waals surface area contributed by atoms with Crippen molar-refractivity contribution >= 4 is 12.0 Å². The summed E-state index contributed by atoms with van der Waals surface area (Å²) in [6, 6.07) is 14.7. The normalized spacial score (nSPS) is 15.4. The maximum atomic E-state index is 14.1. The molecule has 2 aromatic carbocycles. The molecule has 4 rings (SSSR count). The summed E-state index contributed by atoms with van der Waals surface area (Å²) in [5, 5.41) is 5.65. The number of alkyl carbamates (subject to hydrolysis) is 1. The van der Waals surface area contributed by atoms with Crippen LogP contribution in [0, 0.1) is 11.6 Å². The second-order valence-corrected chi connectivity index (χ2v) is 9.24. The first kappa shape index (κ1) is 23.5. The van der Waals surface area contributed by atoms with Crippen LogP contribution < -0.4 is 10.6 Å². The summed E-state index contributed by atoms with van der Waals surface area (Å²) in [6.07, 6.45) is 0.0176. The molecule has 1 unspecified atom stereocenters. The minimum Gasteiger partial charge on any atom is -0.444 e. The second-order valence-electron chi connectivity index (χ2n) is 9.24. The van der Waals surface area contributed by atoms with Gasteiger partial charge in [-0.25, -0.2) is 13.6 Å². The van der Waals surface area contributed by atoms with E-state index in [1.54, 1.807) is 26.8 Å². The van der Waals surface area contributed by atoms with Gasteiger partial charge in [0.05, 0.1) is 11.7 Å². The molecule has 34 heavy (non-hydrogen) atoms. The maximum absolute atomic E-state index is 14.1. The van der Waals surface area contributed by atoms with E-state index in [1.807, 2.05) is 34.9 Å². The van der Waals surface area contributed by atoms with Crippen LogP contribution in [0.15, 0.2) is 54.6 Å². The molecule has 1 aromatic heterocycles. The first-order chi connectivity index (χ1) is 16.1. The minimum absolute atomic E-state index is 0.170. The SMILES string of the molecule is CC(C)(C)OC(=O)NCCC1CNC(=O)c2cc(-c3ccc(F)c(F)c3)c(-c3ccccc3)n21. The Bertz CT molecular complexity index is 1220. The van der Waals surface area contributed by atoms with Crippen LogP contribution in [0.3, 0.4) is 0 Å². The van der Waals surface area contributed by atoms with Crippen molar-refractivity contribution in [2.24, 2.45) is 0 Å². The lowest BCUT2D eigenvalue weighted by Crippen LogP contribution is -2.41. The molecular weight excluding hydrogens is 440 g/mol. The Hall–Kier alpha value is -3.68. The smallest absolute Gasteiger partial charge is 0.407 e. The number of nitrogens with zero attached hydrogens (tertiary/aromatic N) is 1. The topological polar surface area (TPSA) is 72.4 Å². The monoisotopic (exact) mass is 467 g/mol. The Morgan fingerprint density at radius 2 is 1.82 bits per heavy atom. The summed E-state index contributed by atoms with van der Waals surface area (Å²) in [5.41, 5.74) is 2.50. The van der Waals surface area contributed by atoms with Crippen molar-refractivity contribution in [3.8, 4) is 22.4 Å². The summed E-state index contributed by atoms with van der Waals surface area (Å²) in [4.78, 5) is 24.8. The molecule has 0 saturated heterocycles. The Morgan fingerprint density at radius 1 is 1.09 bits per heavy atom. The lowest BCUT2D eigenvalue weighted by Gasteiger charge is -2.29. The Morgan fingerprint density at radius 3 is 2.50 bits per heavy atom. The predicted octanol–water partition coefficient (Wildman–Crippen LogP) is 5.30. The molecule has 0 bridgehead atoms. The van der Waals surface area contributed by atoms with Crippen molar-refractivity contribution in [3.63, 3.8) is 0 Å². The lowest BCUT2D eigenvalue weighted by molar-refractivity contribution is 0.0524. The number of rotatable bonds is 5. The summed E-state index contributed by atoms with van der Waals surface area (Å²) in [6.45, 7) is 6.08. The molecule has 1 aliphatic heterocycles. The zero-order valence-electron chi connectivity index (χ0n) is 19.3. The number of ether oxygens (including phenoxy) is 1. The average molecular weight is 468 g/mol. The maximum Gasteiger partial charge on any atom is 0.407 e. The van der Waals surface area contributed by atoms with Gasteiger partial charge < -0.3 is 19.9 Å². The highest BCUT2D eigenvalue weighted by molar-refractivity contribution is 5.98. The first-order valence-electron chi connectivity index (χ1n) is 11.1. The highest BCUT2D eigenvalue weighted by Gasteiger charge is 2.31. The van der Waals surface area contributed by atoms with Gasteiger partial charge in [0.15, 0.2) is 11.6 Å². The quantitative estimate of drug-likeness (QED) is 0.535. The van der Waals surface area contributed by atoms with Gasteiger partial charge in [0.1, 0.15) is 11.3 Å². The van der Waals surface area contributed by atoms with E-state index in [1.165, 1.54) is 6.07 Å². The molecular formula is C26H27F2N3O3. The lowest BCUT2D eigenvalue weighted by atomic mass is 10.0. The number of carbonyl (C=O) groups is 2. The van der Waals surface area contributed by atoms with E-state index >= 15 is 0 Å². The minimum atomic E-state index is -0.955. The Labute approximate surface area is 196 Å². The highest BCUT2D eigenvalue weighted by atomic mass is 19.2. The van der Waals surface area contributed by atoms with E-state index in [0.717, 1.165) is 23.4 Å². The van der Waals surface area contributed by atoms with Crippen LogP contribution in [-0.4, -0.2) is 35.3 Å². The molecule has 178 valence electrons. The number of fused-ring (bicyclic) bond motifs is 1. The molecule has 1 aliphatic rings. The van der Waals surface area contributed by atoms with Crippen molar-refractivity contribution in [1.29, 1.82) is 0 Å². The fourth-order valence-corrected chi connectivity index (χ4v) is 4.13. The number of halogens is 2. The van der Waals surface area contributed by atoms with Gasteiger partial charge >= 0.3 is 6.09 Å². The van der Waals surface area contributed by atoms with Gasteiger partial charge in [-0.2, -0.15) is 0 Å². The van der Waals surface area contributed by atoms with Crippen LogP contribution in [0.25, 0.3) is 22.4 Å². The molecule has 2 amide bonds. The summed E-state index contributed by atoms with van der Waals surface area (Å²) < 4.78 is 34.9. The fraction of sp³-hybridized carbons (Fsp3) is 0.308. The third-order valence-electron chi connectivity index (χ3n) is 5.56. The second kappa shape index (κ2) is 9.29. The van der Waals surface area contributed by atoms with Crippen molar-refractivity contribution in [2.75, 3.05) is 13.1 Å². The Balaban J connectivity index is 1.72. The number of benzene rings is 2. The molecule has 0 radical (unpaired) electrons. The van der Waals surface area contributed by atoms with E-state index < -0.39 is 23.3 Å². The largest absolute Gasteiger partial charge is 0.444 e. The van der Waals surface area contributed by atoms with Gasteiger partial charge in [-0.05, 0) is 56.5 Å². The zero-order chi connectivity index (χ0) is 24.5. The van der Waals surface area contributed by atoms with Gasteiger partial charge in [0, 0.05) is 18.7 Å².